The summed E-state index contributed by atoms with van der Waals surface area (Å²) >= 11 is 3.25. The number of aryl methyl sites for hydroxylation is 1. The molecule has 0 spiro atoms. The molecule has 2 heterocycles. The van der Waals surface area contributed by atoms with Gasteiger partial charge in [0.05, 0.1) is 9.75 Å². The highest BCUT2D eigenvalue weighted by Gasteiger charge is 2.19. The Morgan fingerprint density at radius 3 is 2.76 bits per heavy atom. The van der Waals surface area contributed by atoms with E-state index in [-0.39, 0.29) is 5.78 Å². The minimum Gasteiger partial charge on any atom is -0.396 e. The molecule has 21 heavy (non-hydrogen) atoms. The quantitative estimate of drug-likeness (QED) is 0.436. The van der Waals surface area contributed by atoms with Crippen molar-refractivity contribution in [1.29, 1.82) is 0 Å². The van der Waals surface area contributed by atoms with E-state index in [0.29, 0.717) is 13.2 Å². The molecule has 5 heteroatoms. The fourth-order valence-corrected chi connectivity index (χ4v) is 3.96. The van der Waals surface area contributed by atoms with E-state index in [4.69, 9.17) is 5.11 Å². The number of hydrogen-bond acceptors (Lipinski definition) is 4. The Hall–Kier alpha value is -1.04. The summed E-state index contributed by atoms with van der Waals surface area (Å²) in [7, 11) is 0. The molecular weight excluding hydrogens is 302 g/mol. The summed E-state index contributed by atoms with van der Waals surface area (Å²) in [6, 6.07) is 3.80. The van der Waals surface area contributed by atoms with Gasteiger partial charge in [-0.05, 0) is 30.7 Å². The fourth-order valence-electron chi connectivity index (χ4n) is 2.27. The first kappa shape index (κ1) is 16.3. The predicted molar refractivity (Wildman–Crippen MR) is 87.2 cm³/mol. The number of thiazole rings is 1. The van der Waals surface area contributed by atoms with E-state index in [1.165, 1.54) is 21.9 Å². The monoisotopic (exact) mass is 324 g/mol. The van der Waals surface area contributed by atoms with Crippen molar-refractivity contribution in [2.75, 3.05) is 6.61 Å². The number of ketones is 1. The number of aliphatic hydroxyl groups is 1. The molecule has 0 aromatic carbocycles. The molecule has 0 atom stereocenters. The van der Waals surface area contributed by atoms with Gasteiger partial charge in [-0.25, -0.2) is 0 Å². The summed E-state index contributed by atoms with van der Waals surface area (Å²) in [5.74, 6) is 0.186. The Balaban J connectivity index is 1.86. The van der Waals surface area contributed by atoms with Crippen LogP contribution in [0.1, 0.15) is 45.9 Å². The van der Waals surface area contributed by atoms with Crippen LogP contribution in [0.15, 0.2) is 23.0 Å². The first-order valence-electron chi connectivity index (χ1n) is 7.36. The summed E-state index contributed by atoms with van der Waals surface area (Å²) in [6.45, 7) is 2.83. The lowest BCUT2D eigenvalue weighted by molar-refractivity contribution is -0.684. The second-order valence-corrected chi connectivity index (χ2v) is 7.04. The summed E-state index contributed by atoms with van der Waals surface area (Å²) in [4.78, 5) is 14.3. The van der Waals surface area contributed by atoms with Crippen LogP contribution >= 0.6 is 22.7 Å². The number of thiophene rings is 1. The van der Waals surface area contributed by atoms with Crippen molar-refractivity contribution in [2.45, 2.75) is 45.6 Å². The first-order chi connectivity index (χ1) is 10.2. The van der Waals surface area contributed by atoms with Crippen molar-refractivity contribution >= 4 is 28.5 Å². The average molecular weight is 324 g/mol. The molecule has 0 fully saturated rings. The highest BCUT2D eigenvalue weighted by atomic mass is 32.1. The van der Waals surface area contributed by atoms with Crippen LogP contribution in [0.2, 0.25) is 0 Å². The van der Waals surface area contributed by atoms with Crippen LogP contribution < -0.4 is 4.57 Å². The van der Waals surface area contributed by atoms with Crippen LogP contribution in [0.5, 0.6) is 0 Å². The number of carbonyl (C=O) groups excluding carboxylic acids is 1. The van der Waals surface area contributed by atoms with Gasteiger partial charge in [0.25, 0.3) is 0 Å². The van der Waals surface area contributed by atoms with Crippen molar-refractivity contribution < 1.29 is 14.5 Å². The number of aliphatic hydroxyl groups excluding tert-OH is 1. The van der Waals surface area contributed by atoms with Gasteiger partial charge in [0.1, 0.15) is 0 Å². The lowest BCUT2D eigenvalue weighted by Gasteiger charge is -1.98. The van der Waals surface area contributed by atoms with Crippen LogP contribution in [-0.4, -0.2) is 17.5 Å². The van der Waals surface area contributed by atoms with Gasteiger partial charge in [0.2, 0.25) is 17.8 Å². The number of hydrogen-bond donors (Lipinski definition) is 1. The molecule has 0 amide bonds. The Labute approximate surface area is 133 Å². The van der Waals surface area contributed by atoms with Crippen molar-refractivity contribution in [3.8, 4) is 0 Å². The van der Waals surface area contributed by atoms with E-state index in [9.17, 15) is 4.79 Å². The van der Waals surface area contributed by atoms with Gasteiger partial charge < -0.3 is 5.11 Å². The highest BCUT2D eigenvalue weighted by Crippen LogP contribution is 2.16. The van der Waals surface area contributed by atoms with Gasteiger partial charge in [0, 0.05) is 13.5 Å². The SMILES string of the molecule is Cc1c(CCCCCCO)sc[n+]1CC(=O)c1cccs1. The number of carbonyl (C=O) groups is 1. The minimum absolute atomic E-state index is 0.186. The van der Waals surface area contributed by atoms with Crippen LogP contribution in [0, 0.1) is 6.92 Å². The summed E-state index contributed by atoms with van der Waals surface area (Å²) in [6.07, 6.45) is 5.38. The molecule has 114 valence electrons. The van der Waals surface area contributed by atoms with Crippen LogP contribution in [0.4, 0.5) is 0 Å². The zero-order valence-corrected chi connectivity index (χ0v) is 14.0. The second kappa shape index (κ2) is 8.41. The molecule has 0 saturated heterocycles. The Morgan fingerprint density at radius 1 is 1.24 bits per heavy atom. The first-order valence-corrected chi connectivity index (χ1v) is 9.12. The Kier molecular flexibility index (Phi) is 6.54. The average Bonchev–Trinajstić information content (AvgIpc) is 3.11. The van der Waals surface area contributed by atoms with E-state index < -0.39 is 0 Å². The molecule has 3 nitrogen and oxygen atoms in total. The largest absolute Gasteiger partial charge is 0.396 e. The molecule has 0 bridgehead atoms. The van der Waals surface area contributed by atoms with Gasteiger partial charge in [-0.2, -0.15) is 4.57 Å². The second-order valence-electron chi connectivity index (χ2n) is 5.15. The molecule has 0 aliphatic rings. The van der Waals surface area contributed by atoms with Crippen LogP contribution in [0.25, 0.3) is 0 Å². The highest BCUT2D eigenvalue weighted by molar-refractivity contribution is 7.12. The van der Waals surface area contributed by atoms with E-state index in [0.717, 1.165) is 37.0 Å². The third-order valence-corrected chi connectivity index (χ3v) is 5.63. The number of aromatic nitrogens is 1. The zero-order chi connectivity index (χ0) is 15.1. The normalized spacial score (nSPS) is 11.0. The van der Waals surface area contributed by atoms with E-state index >= 15 is 0 Å². The van der Waals surface area contributed by atoms with Gasteiger partial charge in [-0.3, -0.25) is 4.79 Å². The summed E-state index contributed by atoms with van der Waals surface area (Å²) in [5, 5.41) is 10.7. The van der Waals surface area contributed by atoms with Crippen molar-refractivity contribution in [1.82, 2.24) is 0 Å². The molecule has 1 N–H and O–H groups in total. The lowest BCUT2D eigenvalue weighted by Crippen LogP contribution is -2.38. The summed E-state index contributed by atoms with van der Waals surface area (Å²) in [5.41, 5.74) is 3.27. The zero-order valence-electron chi connectivity index (χ0n) is 12.4. The van der Waals surface area contributed by atoms with Gasteiger partial charge >= 0.3 is 0 Å². The molecule has 0 radical (unpaired) electrons. The van der Waals surface area contributed by atoms with Crippen molar-refractivity contribution in [2.24, 2.45) is 0 Å². The topological polar surface area (TPSA) is 41.2 Å². The molecule has 2 aromatic rings. The molecule has 0 saturated carbocycles. The molecule has 2 aromatic heterocycles. The Morgan fingerprint density at radius 2 is 2.05 bits per heavy atom. The maximum absolute atomic E-state index is 12.1. The smallest absolute Gasteiger partial charge is 0.237 e. The third-order valence-electron chi connectivity index (χ3n) is 3.58. The van der Waals surface area contributed by atoms with Crippen molar-refractivity contribution in [3.05, 3.63) is 38.5 Å². The number of rotatable bonds is 9. The third kappa shape index (κ3) is 4.73. The number of nitrogens with zero attached hydrogens (tertiary/aromatic N) is 1. The van der Waals surface area contributed by atoms with Gasteiger partial charge in [-0.15, -0.1) is 11.3 Å². The maximum Gasteiger partial charge on any atom is 0.237 e. The summed E-state index contributed by atoms with van der Waals surface area (Å²) < 4.78 is 2.07. The van der Waals surface area contributed by atoms with Crippen molar-refractivity contribution in [3.63, 3.8) is 0 Å². The lowest BCUT2D eigenvalue weighted by atomic mass is 10.1. The maximum atomic E-state index is 12.1. The van der Waals surface area contributed by atoms with E-state index in [2.05, 4.69) is 17.0 Å². The number of Topliss-reactive ketones (excluding diaryl/α,β-unsaturated/α-hetero) is 1. The predicted octanol–water partition coefficient (Wildman–Crippen LogP) is 3.38. The minimum atomic E-state index is 0.186. The number of unbranched alkanes of at least 4 members (excludes halogenated alkanes) is 3. The fraction of sp³-hybridized carbons (Fsp3) is 0.500. The van der Waals surface area contributed by atoms with Crippen LogP contribution in [0.3, 0.4) is 0 Å². The molecule has 0 aliphatic heterocycles. The molecule has 0 aliphatic carbocycles. The van der Waals surface area contributed by atoms with E-state index in [1.54, 1.807) is 11.3 Å². The molecule has 2 rings (SSSR count). The van der Waals surface area contributed by atoms with E-state index in [1.807, 2.05) is 17.5 Å². The van der Waals surface area contributed by atoms with Crippen LogP contribution in [-0.2, 0) is 13.0 Å². The van der Waals surface area contributed by atoms with Gasteiger partial charge in [0.15, 0.2) is 5.69 Å². The Bertz CT molecular complexity index is 561. The van der Waals surface area contributed by atoms with Gasteiger partial charge in [-0.1, -0.05) is 30.2 Å². The molecular formula is C16H22NO2S2+. The molecule has 0 unspecified atom stereocenters. The standard InChI is InChI=1S/C16H22NO2S2/c1-13-15(7-4-2-3-5-9-18)21-12-17(13)11-14(19)16-8-6-10-20-16/h6,8,10,12,18H,2-5,7,9,11H2,1H3/q+1.